The molecule has 7 rings (SSSR count). The van der Waals surface area contributed by atoms with Gasteiger partial charge in [-0.05, 0) is 124 Å². The largest absolute Gasteiger partial charge is 0.495 e. The molecule has 39 heavy (non-hydrogen) atoms. The minimum absolute atomic E-state index is 0.0307. The van der Waals surface area contributed by atoms with Crippen LogP contribution in [0.3, 0.4) is 0 Å². The molecule has 4 saturated carbocycles. The molecule has 0 radical (unpaired) electrons. The number of methoxy groups -OCH3 is 1. The third-order valence-corrected chi connectivity index (χ3v) is 10.5. The van der Waals surface area contributed by atoms with Gasteiger partial charge in [-0.15, -0.1) is 0 Å². The van der Waals surface area contributed by atoms with Crippen molar-refractivity contribution in [2.75, 3.05) is 13.9 Å². The predicted molar refractivity (Wildman–Crippen MR) is 154 cm³/mol. The van der Waals surface area contributed by atoms with Gasteiger partial charge in [0.1, 0.15) is 11.6 Å². The monoisotopic (exact) mass is 534 g/mol. The van der Waals surface area contributed by atoms with Gasteiger partial charge < -0.3 is 18.8 Å². The molecule has 1 aliphatic heterocycles. The molecule has 0 amide bonds. The van der Waals surface area contributed by atoms with Crippen LogP contribution in [0.2, 0.25) is 0 Å². The van der Waals surface area contributed by atoms with Crippen LogP contribution in [0.4, 0.5) is 4.39 Å². The normalized spacial score (nSPS) is 30.4. The first-order valence-electron chi connectivity index (χ1n) is 14.9. The van der Waals surface area contributed by atoms with E-state index >= 15 is 4.39 Å². The summed E-state index contributed by atoms with van der Waals surface area (Å²) in [5.74, 6) is 3.10. The summed E-state index contributed by atoms with van der Waals surface area (Å²) in [6.45, 7) is 12.8. The van der Waals surface area contributed by atoms with Crippen molar-refractivity contribution in [3.05, 3.63) is 47.3 Å². The van der Waals surface area contributed by atoms with Crippen molar-refractivity contribution in [2.45, 2.75) is 103 Å². The Bertz CT molecular complexity index is 1200. The molecule has 1 saturated heterocycles. The average molecular weight is 535 g/mol. The second kappa shape index (κ2) is 9.60. The van der Waals surface area contributed by atoms with Gasteiger partial charge >= 0.3 is 7.12 Å². The Morgan fingerprint density at radius 3 is 2.03 bits per heavy atom. The predicted octanol–water partition coefficient (Wildman–Crippen LogP) is 7.37. The van der Waals surface area contributed by atoms with Crippen LogP contribution in [-0.2, 0) is 19.5 Å². The molecule has 5 fully saturated rings. The summed E-state index contributed by atoms with van der Waals surface area (Å²) in [5.41, 5.74) is 3.81. The summed E-state index contributed by atoms with van der Waals surface area (Å²) < 4.78 is 40.6. The Balaban J connectivity index is 1.53. The van der Waals surface area contributed by atoms with E-state index in [0.29, 0.717) is 5.92 Å². The molecule has 1 heterocycles. The molecule has 5 aliphatic rings. The van der Waals surface area contributed by atoms with Crippen LogP contribution in [0.25, 0.3) is 11.1 Å². The summed E-state index contributed by atoms with van der Waals surface area (Å²) >= 11 is 0. The van der Waals surface area contributed by atoms with Gasteiger partial charge in [0.25, 0.3) is 0 Å². The zero-order chi connectivity index (χ0) is 27.7. The molecule has 6 heteroatoms. The lowest BCUT2D eigenvalue weighted by Crippen LogP contribution is -2.48. The standard InChI is InChI=1S/C33H44BFO4/c1-20(2)24-8-9-26(29(13-24)34-38-31(3,4)32(5,6)39-34)27-14-25(35)15-28(30(27)37-19-36-7)33-16-21-10-22(17-33)12-23(11-21)18-33/h8-9,13-15,20-23H,10-12,16-19H2,1-7H3. The van der Waals surface area contributed by atoms with Crippen LogP contribution < -0.4 is 10.2 Å². The maximum absolute atomic E-state index is 15.7. The van der Waals surface area contributed by atoms with E-state index in [1.807, 2.05) is 0 Å². The van der Waals surface area contributed by atoms with E-state index in [2.05, 4.69) is 59.7 Å². The second-order valence-corrected chi connectivity index (χ2v) is 14.2. The van der Waals surface area contributed by atoms with Gasteiger partial charge in [-0.25, -0.2) is 4.39 Å². The van der Waals surface area contributed by atoms with Crippen LogP contribution in [-0.4, -0.2) is 32.2 Å². The zero-order valence-electron chi connectivity index (χ0n) is 24.7. The molecule has 0 N–H and O–H groups in total. The Morgan fingerprint density at radius 2 is 1.49 bits per heavy atom. The number of hydrogen-bond acceptors (Lipinski definition) is 4. The van der Waals surface area contributed by atoms with Crippen molar-refractivity contribution in [1.82, 2.24) is 0 Å². The maximum atomic E-state index is 15.7. The minimum atomic E-state index is -0.565. The van der Waals surface area contributed by atoms with Gasteiger partial charge in [0.2, 0.25) is 0 Å². The third-order valence-electron chi connectivity index (χ3n) is 10.5. The molecule has 0 unspecified atom stereocenters. The zero-order valence-corrected chi connectivity index (χ0v) is 24.7. The molecule has 4 bridgehead atoms. The summed E-state index contributed by atoms with van der Waals surface area (Å²) in [5, 5.41) is 0. The van der Waals surface area contributed by atoms with E-state index in [9.17, 15) is 0 Å². The Morgan fingerprint density at radius 1 is 0.897 bits per heavy atom. The number of benzene rings is 2. The Hall–Kier alpha value is -1.89. The maximum Gasteiger partial charge on any atom is 0.495 e. The summed E-state index contributed by atoms with van der Waals surface area (Å²) in [7, 11) is 1.08. The average Bonchev–Trinajstić information content (AvgIpc) is 3.08. The Labute approximate surface area is 234 Å². The molecular formula is C33H44BFO4. The van der Waals surface area contributed by atoms with E-state index < -0.39 is 18.3 Å². The smallest absolute Gasteiger partial charge is 0.467 e. The fourth-order valence-electron chi connectivity index (χ4n) is 8.25. The highest BCUT2D eigenvalue weighted by atomic mass is 19.1. The molecule has 2 aromatic rings. The first-order valence-corrected chi connectivity index (χ1v) is 14.9. The van der Waals surface area contributed by atoms with Crippen molar-refractivity contribution >= 4 is 12.6 Å². The van der Waals surface area contributed by atoms with E-state index in [-0.39, 0.29) is 18.0 Å². The number of ether oxygens (including phenoxy) is 2. The molecule has 4 nitrogen and oxygen atoms in total. The first-order chi connectivity index (χ1) is 18.4. The number of rotatable bonds is 7. The van der Waals surface area contributed by atoms with Gasteiger partial charge in [-0.1, -0.05) is 32.0 Å². The lowest BCUT2D eigenvalue weighted by atomic mass is 9.48. The molecule has 0 atom stereocenters. The lowest BCUT2D eigenvalue weighted by molar-refractivity contribution is -0.00890. The highest BCUT2D eigenvalue weighted by molar-refractivity contribution is 6.64. The van der Waals surface area contributed by atoms with Crippen LogP contribution in [0.5, 0.6) is 5.75 Å². The quantitative estimate of drug-likeness (QED) is 0.275. The molecule has 0 spiro atoms. The minimum Gasteiger partial charge on any atom is -0.467 e. The van der Waals surface area contributed by atoms with Crippen molar-refractivity contribution in [2.24, 2.45) is 17.8 Å². The fraction of sp³-hybridized carbons (Fsp3) is 0.636. The second-order valence-electron chi connectivity index (χ2n) is 14.2. The van der Waals surface area contributed by atoms with Crippen molar-refractivity contribution < 1.29 is 23.2 Å². The van der Waals surface area contributed by atoms with E-state index in [1.54, 1.807) is 19.2 Å². The van der Waals surface area contributed by atoms with Gasteiger partial charge in [0, 0.05) is 18.2 Å². The van der Waals surface area contributed by atoms with Crippen LogP contribution >= 0.6 is 0 Å². The molecule has 0 aromatic heterocycles. The lowest BCUT2D eigenvalue weighted by Gasteiger charge is -2.57. The Kier molecular flexibility index (Phi) is 6.72. The van der Waals surface area contributed by atoms with Crippen LogP contribution in [0.1, 0.15) is 97.1 Å². The topological polar surface area (TPSA) is 36.9 Å². The summed E-state index contributed by atoms with van der Waals surface area (Å²) in [4.78, 5) is 0. The number of hydrogen-bond donors (Lipinski definition) is 0. The van der Waals surface area contributed by atoms with E-state index in [0.717, 1.165) is 64.9 Å². The SMILES string of the molecule is COCOc1c(-c2ccc(C(C)C)cc2B2OC(C)(C)C(C)(C)O2)cc(F)cc1C12CC3CC(CC(C3)C1)C2. The van der Waals surface area contributed by atoms with Gasteiger partial charge in [-0.2, -0.15) is 0 Å². The molecule has 210 valence electrons. The molecule has 2 aromatic carbocycles. The third kappa shape index (κ3) is 4.65. The van der Waals surface area contributed by atoms with Crippen LogP contribution in [0.15, 0.2) is 30.3 Å². The van der Waals surface area contributed by atoms with Crippen molar-refractivity contribution in [3.8, 4) is 16.9 Å². The first kappa shape index (κ1) is 27.3. The van der Waals surface area contributed by atoms with Crippen molar-refractivity contribution in [3.63, 3.8) is 0 Å². The van der Waals surface area contributed by atoms with Crippen LogP contribution in [0, 0.1) is 23.6 Å². The fourth-order valence-corrected chi connectivity index (χ4v) is 8.25. The van der Waals surface area contributed by atoms with Gasteiger partial charge in [-0.3, -0.25) is 0 Å². The molecule has 4 aliphatic carbocycles. The van der Waals surface area contributed by atoms with Crippen molar-refractivity contribution in [1.29, 1.82) is 0 Å². The highest BCUT2D eigenvalue weighted by Gasteiger charge is 2.54. The van der Waals surface area contributed by atoms with E-state index in [1.165, 1.54) is 24.8 Å². The van der Waals surface area contributed by atoms with E-state index in [4.69, 9.17) is 18.8 Å². The summed E-state index contributed by atoms with van der Waals surface area (Å²) in [6.07, 6.45) is 7.38. The van der Waals surface area contributed by atoms with Gasteiger partial charge in [0.05, 0.1) is 11.2 Å². The summed E-state index contributed by atoms with van der Waals surface area (Å²) in [6, 6.07) is 9.82. The molecular weight excluding hydrogens is 490 g/mol. The highest BCUT2D eigenvalue weighted by Crippen LogP contribution is 2.62. The number of halogens is 1. The van der Waals surface area contributed by atoms with Gasteiger partial charge in [0.15, 0.2) is 6.79 Å².